The highest BCUT2D eigenvalue weighted by Crippen LogP contribution is 2.23. The van der Waals surface area contributed by atoms with E-state index in [0.29, 0.717) is 15.7 Å². The molecule has 1 rings (SSSR count). The van der Waals surface area contributed by atoms with Crippen LogP contribution in [0.1, 0.15) is 36.1 Å². The fourth-order valence-electron chi connectivity index (χ4n) is 1.54. The summed E-state index contributed by atoms with van der Waals surface area (Å²) in [7, 11) is 0. The van der Waals surface area contributed by atoms with Crippen LogP contribution >= 0.6 is 11.3 Å². The lowest BCUT2D eigenvalue weighted by Gasteiger charge is -2.06. The van der Waals surface area contributed by atoms with Crippen LogP contribution in [0.3, 0.4) is 0 Å². The third-order valence-electron chi connectivity index (χ3n) is 2.45. The van der Waals surface area contributed by atoms with E-state index < -0.39 is 11.9 Å². The molecule has 0 aliphatic carbocycles. The Morgan fingerprint density at radius 2 is 1.73 bits per heavy atom. The zero-order chi connectivity index (χ0) is 16.7. The fourth-order valence-corrected chi connectivity index (χ4v) is 2.37. The molecule has 0 saturated carbocycles. The molecular formula is C14H18N2O5S. The SMILES string of the molecule is CCOC(=O)C(=CNc1nc(C)c(C(C)=O)s1)C(=O)OCC. The summed E-state index contributed by atoms with van der Waals surface area (Å²) in [6, 6.07) is 0. The summed E-state index contributed by atoms with van der Waals surface area (Å²) in [5, 5.41) is 3.13. The number of esters is 2. The number of ether oxygens (including phenoxy) is 2. The first-order valence-corrected chi connectivity index (χ1v) is 7.51. The molecule has 0 unspecified atom stereocenters. The molecule has 0 atom stereocenters. The van der Waals surface area contributed by atoms with Crippen LogP contribution in [0.25, 0.3) is 0 Å². The summed E-state index contributed by atoms with van der Waals surface area (Å²) in [4.78, 5) is 39.6. The van der Waals surface area contributed by atoms with Crippen LogP contribution in [0.2, 0.25) is 0 Å². The molecule has 1 heterocycles. The fraction of sp³-hybridized carbons (Fsp3) is 0.429. The van der Waals surface area contributed by atoms with Gasteiger partial charge in [0.15, 0.2) is 16.5 Å². The number of carbonyl (C=O) groups is 3. The molecule has 1 aromatic rings. The number of hydrogen-bond donors (Lipinski definition) is 1. The van der Waals surface area contributed by atoms with Gasteiger partial charge in [0.05, 0.1) is 23.8 Å². The van der Waals surface area contributed by atoms with Gasteiger partial charge in [0, 0.05) is 13.1 Å². The van der Waals surface area contributed by atoms with E-state index in [1.54, 1.807) is 20.8 Å². The number of anilines is 1. The molecule has 0 aliphatic heterocycles. The minimum Gasteiger partial charge on any atom is -0.462 e. The van der Waals surface area contributed by atoms with Crippen molar-refractivity contribution in [3.05, 3.63) is 22.3 Å². The zero-order valence-electron chi connectivity index (χ0n) is 12.9. The smallest absolute Gasteiger partial charge is 0.347 e. The van der Waals surface area contributed by atoms with Crippen molar-refractivity contribution in [3.8, 4) is 0 Å². The summed E-state index contributed by atoms with van der Waals surface area (Å²) in [6.45, 7) is 6.71. The maximum atomic E-state index is 11.8. The summed E-state index contributed by atoms with van der Waals surface area (Å²) >= 11 is 1.14. The second kappa shape index (κ2) is 8.28. The van der Waals surface area contributed by atoms with Gasteiger partial charge in [-0.2, -0.15) is 0 Å². The monoisotopic (exact) mass is 326 g/mol. The minimum absolute atomic E-state index is 0.0944. The lowest BCUT2D eigenvalue weighted by atomic mass is 10.3. The highest BCUT2D eigenvalue weighted by molar-refractivity contribution is 7.17. The Morgan fingerprint density at radius 3 is 2.14 bits per heavy atom. The Kier molecular flexibility index (Phi) is 6.71. The summed E-state index contributed by atoms with van der Waals surface area (Å²) in [5.74, 6) is -1.66. The molecule has 0 radical (unpaired) electrons. The number of ketones is 1. The molecule has 0 fully saturated rings. The number of Topliss-reactive ketones (excluding diaryl/α,β-unsaturated/α-hetero) is 1. The molecule has 8 heteroatoms. The molecule has 0 amide bonds. The van der Waals surface area contributed by atoms with Gasteiger partial charge in [-0.3, -0.25) is 4.79 Å². The number of rotatable bonds is 7. The van der Waals surface area contributed by atoms with Crippen molar-refractivity contribution in [1.29, 1.82) is 0 Å². The average Bonchev–Trinajstić information content (AvgIpc) is 2.81. The summed E-state index contributed by atoms with van der Waals surface area (Å²) < 4.78 is 9.62. The van der Waals surface area contributed by atoms with Crippen molar-refractivity contribution in [2.45, 2.75) is 27.7 Å². The Labute approximate surface area is 132 Å². The van der Waals surface area contributed by atoms with E-state index in [0.717, 1.165) is 11.3 Å². The van der Waals surface area contributed by atoms with Gasteiger partial charge < -0.3 is 14.8 Å². The van der Waals surface area contributed by atoms with Gasteiger partial charge in [-0.15, -0.1) is 0 Å². The predicted molar refractivity (Wildman–Crippen MR) is 81.8 cm³/mol. The van der Waals surface area contributed by atoms with Gasteiger partial charge in [-0.1, -0.05) is 11.3 Å². The molecule has 7 nitrogen and oxygen atoms in total. The van der Waals surface area contributed by atoms with E-state index in [1.807, 2.05) is 0 Å². The van der Waals surface area contributed by atoms with Crippen LogP contribution in [-0.2, 0) is 19.1 Å². The van der Waals surface area contributed by atoms with Crippen LogP contribution in [0, 0.1) is 6.92 Å². The first kappa shape index (κ1) is 17.8. The first-order chi connectivity index (χ1) is 10.4. The lowest BCUT2D eigenvalue weighted by Crippen LogP contribution is -2.19. The van der Waals surface area contributed by atoms with Gasteiger partial charge in [-0.25, -0.2) is 14.6 Å². The van der Waals surface area contributed by atoms with Gasteiger partial charge in [0.25, 0.3) is 0 Å². The topological polar surface area (TPSA) is 94.6 Å². The normalized spacial score (nSPS) is 9.82. The molecule has 1 aromatic heterocycles. The van der Waals surface area contributed by atoms with Crippen LogP contribution in [0.15, 0.2) is 11.8 Å². The molecular weight excluding hydrogens is 308 g/mol. The molecule has 0 aliphatic rings. The number of aromatic nitrogens is 1. The molecule has 0 saturated heterocycles. The van der Waals surface area contributed by atoms with E-state index in [2.05, 4.69) is 10.3 Å². The van der Waals surface area contributed by atoms with Gasteiger partial charge in [0.1, 0.15) is 0 Å². The highest BCUT2D eigenvalue weighted by atomic mass is 32.1. The second-order valence-corrected chi connectivity index (χ2v) is 5.13. The van der Waals surface area contributed by atoms with E-state index in [1.165, 1.54) is 13.1 Å². The standard InChI is InChI=1S/C14H18N2O5S/c1-5-20-12(18)10(13(19)21-6-2)7-15-14-16-8(3)11(22-14)9(4)17/h7H,5-6H2,1-4H3,(H,15,16). The van der Waals surface area contributed by atoms with Crippen molar-refractivity contribution >= 4 is 34.2 Å². The lowest BCUT2D eigenvalue weighted by molar-refractivity contribution is -0.146. The van der Waals surface area contributed by atoms with E-state index >= 15 is 0 Å². The number of aryl methyl sites for hydroxylation is 1. The van der Waals surface area contributed by atoms with Crippen molar-refractivity contribution in [2.24, 2.45) is 0 Å². The molecule has 0 aromatic carbocycles. The van der Waals surface area contributed by atoms with E-state index in [4.69, 9.17) is 9.47 Å². The van der Waals surface area contributed by atoms with Crippen LogP contribution in [0.5, 0.6) is 0 Å². The Morgan fingerprint density at radius 1 is 1.18 bits per heavy atom. The highest BCUT2D eigenvalue weighted by Gasteiger charge is 2.21. The Hall–Kier alpha value is -2.22. The number of hydrogen-bond acceptors (Lipinski definition) is 8. The number of nitrogens with one attached hydrogen (secondary N) is 1. The van der Waals surface area contributed by atoms with Crippen molar-refractivity contribution in [3.63, 3.8) is 0 Å². The second-order valence-electron chi connectivity index (χ2n) is 4.13. The van der Waals surface area contributed by atoms with Crippen molar-refractivity contribution < 1.29 is 23.9 Å². The molecule has 120 valence electrons. The number of nitrogens with zero attached hydrogens (tertiary/aromatic N) is 1. The Bertz CT molecular complexity index is 586. The molecule has 1 N–H and O–H groups in total. The largest absolute Gasteiger partial charge is 0.462 e. The zero-order valence-corrected chi connectivity index (χ0v) is 13.7. The van der Waals surface area contributed by atoms with Crippen LogP contribution < -0.4 is 5.32 Å². The first-order valence-electron chi connectivity index (χ1n) is 6.69. The summed E-state index contributed by atoms with van der Waals surface area (Å²) in [6.07, 6.45) is 1.18. The maximum absolute atomic E-state index is 11.8. The van der Waals surface area contributed by atoms with Gasteiger partial charge >= 0.3 is 11.9 Å². The van der Waals surface area contributed by atoms with Crippen molar-refractivity contribution in [1.82, 2.24) is 4.98 Å². The van der Waals surface area contributed by atoms with Crippen LogP contribution in [0.4, 0.5) is 5.13 Å². The van der Waals surface area contributed by atoms with Gasteiger partial charge in [-0.05, 0) is 20.8 Å². The molecule has 0 spiro atoms. The van der Waals surface area contributed by atoms with E-state index in [9.17, 15) is 14.4 Å². The predicted octanol–water partition coefficient (Wildman–Crippen LogP) is 2.08. The Balaban J connectivity index is 2.97. The quantitative estimate of drug-likeness (QED) is 0.269. The maximum Gasteiger partial charge on any atom is 0.347 e. The minimum atomic E-state index is -0.784. The van der Waals surface area contributed by atoms with Gasteiger partial charge in [0.2, 0.25) is 0 Å². The number of thiazole rings is 1. The summed E-state index contributed by atoms with van der Waals surface area (Å²) in [5.41, 5.74) is 0.322. The third kappa shape index (κ3) is 4.66. The molecule has 22 heavy (non-hydrogen) atoms. The number of carbonyl (C=O) groups excluding carboxylic acids is 3. The third-order valence-corrected chi connectivity index (χ3v) is 3.64. The van der Waals surface area contributed by atoms with Crippen molar-refractivity contribution in [2.75, 3.05) is 18.5 Å². The molecule has 0 bridgehead atoms. The average molecular weight is 326 g/mol. The van der Waals surface area contributed by atoms with E-state index in [-0.39, 0.29) is 24.6 Å². The van der Waals surface area contributed by atoms with Crippen LogP contribution in [-0.4, -0.2) is 35.9 Å².